The Labute approximate surface area is 103 Å². The first-order valence-electron chi connectivity index (χ1n) is 5.87. The molecule has 0 aliphatic rings. The summed E-state index contributed by atoms with van der Waals surface area (Å²) in [6.45, 7) is 7.15. The second-order valence-corrected chi connectivity index (χ2v) is 4.43. The predicted molar refractivity (Wildman–Crippen MR) is 69.0 cm³/mol. The van der Waals surface area contributed by atoms with E-state index >= 15 is 0 Å². The van der Waals surface area contributed by atoms with Crippen molar-refractivity contribution < 1.29 is 5.11 Å². The SMILES string of the molecule is CCCCN(CC)Cc1cc(Cl)ccc1O. The quantitative estimate of drug-likeness (QED) is 0.822. The third-order valence-electron chi connectivity index (χ3n) is 2.71. The molecule has 0 spiro atoms. The zero-order valence-corrected chi connectivity index (χ0v) is 10.8. The zero-order chi connectivity index (χ0) is 12.0. The van der Waals surface area contributed by atoms with E-state index in [1.54, 1.807) is 12.1 Å². The van der Waals surface area contributed by atoms with Crippen LogP contribution in [0.15, 0.2) is 18.2 Å². The van der Waals surface area contributed by atoms with Gasteiger partial charge in [-0.1, -0.05) is 31.9 Å². The molecular formula is C13H20ClNO. The first-order chi connectivity index (χ1) is 7.67. The van der Waals surface area contributed by atoms with Crippen molar-refractivity contribution in [1.82, 2.24) is 4.90 Å². The Balaban J connectivity index is 2.65. The van der Waals surface area contributed by atoms with Gasteiger partial charge in [-0.25, -0.2) is 0 Å². The minimum absolute atomic E-state index is 0.333. The molecule has 0 amide bonds. The van der Waals surface area contributed by atoms with Crippen LogP contribution in [0.1, 0.15) is 32.3 Å². The van der Waals surface area contributed by atoms with Crippen molar-refractivity contribution in [3.05, 3.63) is 28.8 Å². The summed E-state index contributed by atoms with van der Waals surface area (Å²) in [5.74, 6) is 0.333. The molecular weight excluding hydrogens is 222 g/mol. The molecule has 0 bridgehead atoms. The van der Waals surface area contributed by atoms with Gasteiger partial charge in [-0.15, -0.1) is 0 Å². The third-order valence-corrected chi connectivity index (χ3v) is 2.95. The molecule has 2 nitrogen and oxygen atoms in total. The highest BCUT2D eigenvalue weighted by Crippen LogP contribution is 2.22. The van der Waals surface area contributed by atoms with Crippen LogP contribution in [0.3, 0.4) is 0 Å². The Kier molecular flexibility index (Phi) is 5.64. The van der Waals surface area contributed by atoms with Crippen LogP contribution < -0.4 is 0 Å². The average Bonchev–Trinajstić information content (AvgIpc) is 2.28. The fraction of sp³-hybridized carbons (Fsp3) is 0.538. The van der Waals surface area contributed by atoms with Gasteiger partial charge in [0.1, 0.15) is 5.75 Å². The highest BCUT2D eigenvalue weighted by molar-refractivity contribution is 6.30. The lowest BCUT2D eigenvalue weighted by Crippen LogP contribution is -2.23. The van der Waals surface area contributed by atoms with Crippen molar-refractivity contribution in [2.75, 3.05) is 13.1 Å². The zero-order valence-electron chi connectivity index (χ0n) is 10.0. The van der Waals surface area contributed by atoms with Crippen LogP contribution in [0.2, 0.25) is 5.02 Å². The summed E-state index contributed by atoms with van der Waals surface area (Å²) in [4.78, 5) is 2.31. The van der Waals surface area contributed by atoms with Gasteiger partial charge in [-0.05, 0) is 37.7 Å². The lowest BCUT2D eigenvalue weighted by Gasteiger charge is -2.20. The molecule has 0 heterocycles. The topological polar surface area (TPSA) is 23.5 Å². The largest absolute Gasteiger partial charge is 0.508 e. The van der Waals surface area contributed by atoms with E-state index in [9.17, 15) is 5.11 Å². The maximum absolute atomic E-state index is 9.72. The molecule has 0 aliphatic heterocycles. The molecule has 0 atom stereocenters. The number of benzene rings is 1. The Bertz CT molecular complexity index is 328. The number of rotatable bonds is 6. The lowest BCUT2D eigenvalue weighted by molar-refractivity contribution is 0.271. The highest BCUT2D eigenvalue weighted by atomic mass is 35.5. The van der Waals surface area contributed by atoms with Crippen LogP contribution in [-0.4, -0.2) is 23.1 Å². The third kappa shape index (κ3) is 4.03. The molecule has 3 heteroatoms. The number of hydrogen-bond acceptors (Lipinski definition) is 2. The van der Waals surface area contributed by atoms with Crippen molar-refractivity contribution in [1.29, 1.82) is 0 Å². The van der Waals surface area contributed by atoms with Gasteiger partial charge in [0.15, 0.2) is 0 Å². The summed E-state index contributed by atoms with van der Waals surface area (Å²) in [7, 11) is 0. The van der Waals surface area contributed by atoms with E-state index in [0.29, 0.717) is 10.8 Å². The molecule has 0 aliphatic carbocycles. The van der Waals surface area contributed by atoms with Crippen LogP contribution in [0.4, 0.5) is 0 Å². The summed E-state index contributed by atoms with van der Waals surface area (Å²) >= 11 is 5.92. The maximum Gasteiger partial charge on any atom is 0.120 e. The molecule has 1 aromatic carbocycles. The van der Waals surface area contributed by atoms with Gasteiger partial charge in [-0.3, -0.25) is 4.90 Å². The number of halogens is 1. The molecule has 0 aromatic heterocycles. The van der Waals surface area contributed by atoms with Gasteiger partial charge >= 0.3 is 0 Å². The smallest absolute Gasteiger partial charge is 0.120 e. The van der Waals surface area contributed by atoms with E-state index in [2.05, 4.69) is 18.7 Å². The lowest BCUT2D eigenvalue weighted by atomic mass is 10.2. The van der Waals surface area contributed by atoms with Crippen LogP contribution in [0.25, 0.3) is 0 Å². The van der Waals surface area contributed by atoms with Gasteiger partial charge in [-0.2, -0.15) is 0 Å². The molecule has 0 radical (unpaired) electrons. The molecule has 90 valence electrons. The molecule has 0 saturated carbocycles. The van der Waals surface area contributed by atoms with Gasteiger partial charge in [0.2, 0.25) is 0 Å². The molecule has 0 unspecified atom stereocenters. The fourth-order valence-electron chi connectivity index (χ4n) is 1.65. The Morgan fingerprint density at radius 2 is 2.06 bits per heavy atom. The minimum atomic E-state index is 0.333. The van der Waals surface area contributed by atoms with E-state index < -0.39 is 0 Å². The van der Waals surface area contributed by atoms with E-state index in [0.717, 1.165) is 25.2 Å². The van der Waals surface area contributed by atoms with Gasteiger partial charge < -0.3 is 5.11 Å². The first-order valence-corrected chi connectivity index (χ1v) is 6.25. The number of phenols is 1. The number of phenolic OH excluding ortho intramolecular Hbond substituents is 1. The van der Waals surface area contributed by atoms with Gasteiger partial charge in [0.05, 0.1) is 0 Å². The highest BCUT2D eigenvalue weighted by Gasteiger charge is 2.07. The molecule has 16 heavy (non-hydrogen) atoms. The Morgan fingerprint density at radius 3 is 2.69 bits per heavy atom. The molecule has 1 rings (SSSR count). The normalized spacial score (nSPS) is 11.0. The predicted octanol–water partition coefficient (Wildman–Crippen LogP) is 3.67. The van der Waals surface area contributed by atoms with Crippen molar-refractivity contribution in [2.45, 2.75) is 33.2 Å². The van der Waals surface area contributed by atoms with Crippen LogP contribution in [0, 0.1) is 0 Å². The second kappa shape index (κ2) is 6.77. The minimum Gasteiger partial charge on any atom is -0.508 e. The monoisotopic (exact) mass is 241 g/mol. The summed E-state index contributed by atoms with van der Waals surface area (Å²) in [5, 5.41) is 10.4. The fourth-order valence-corrected chi connectivity index (χ4v) is 1.85. The van der Waals surface area contributed by atoms with E-state index in [4.69, 9.17) is 11.6 Å². The van der Waals surface area contributed by atoms with Crippen molar-refractivity contribution in [2.24, 2.45) is 0 Å². The van der Waals surface area contributed by atoms with E-state index in [1.165, 1.54) is 12.8 Å². The van der Waals surface area contributed by atoms with E-state index in [-0.39, 0.29) is 0 Å². The molecule has 0 saturated heterocycles. The molecule has 0 fully saturated rings. The second-order valence-electron chi connectivity index (χ2n) is 4.00. The summed E-state index contributed by atoms with van der Waals surface area (Å²) < 4.78 is 0. The Hall–Kier alpha value is -0.730. The van der Waals surface area contributed by atoms with Crippen LogP contribution >= 0.6 is 11.6 Å². The average molecular weight is 242 g/mol. The van der Waals surface area contributed by atoms with Crippen molar-refractivity contribution in [3.8, 4) is 5.75 Å². The first kappa shape index (κ1) is 13.3. The van der Waals surface area contributed by atoms with Crippen LogP contribution in [0.5, 0.6) is 5.75 Å². The number of nitrogens with zero attached hydrogens (tertiary/aromatic N) is 1. The summed E-state index contributed by atoms with van der Waals surface area (Å²) in [6.07, 6.45) is 2.38. The number of hydrogen-bond donors (Lipinski definition) is 1. The Morgan fingerprint density at radius 1 is 1.31 bits per heavy atom. The van der Waals surface area contributed by atoms with Crippen LogP contribution in [-0.2, 0) is 6.54 Å². The number of unbranched alkanes of at least 4 members (excludes halogenated alkanes) is 1. The van der Waals surface area contributed by atoms with Gasteiger partial charge in [0, 0.05) is 17.1 Å². The standard InChI is InChI=1S/C13H20ClNO/c1-3-5-8-15(4-2)10-11-9-12(14)6-7-13(11)16/h6-7,9,16H,3-5,8,10H2,1-2H3. The van der Waals surface area contributed by atoms with E-state index in [1.807, 2.05) is 6.07 Å². The van der Waals surface area contributed by atoms with Crippen molar-refractivity contribution >= 4 is 11.6 Å². The number of aromatic hydroxyl groups is 1. The maximum atomic E-state index is 9.72. The summed E-state index contributed by atoms with van der Waals surface area (Å²) in [5.41, 5.74) is 0.908. The van der Waals surface area contributed by atoms with Crippen molar-refractivity contribution in [3.63, 3.8) is 0 Å². The molecule has 1 N–H and O–H groups in total. The molecule has 1 aromatic rings. The van der Waals surface area contributed by atoms with Gasteiger partial charge in [0.25, 0.3) is 0 Å². The summed E-state index contributed by atoms with van der Waals surface area (Å²) in [6, 6.07) is 5.21.